The van der Waals surface area contributed by atoms with E-state index in [1.54, 1.807) is 36.5 Å². The van der Waals surface area contributed by atoms with Gasteiger partial charge in [-0.15, -0.1) is 0 Å². The fourth-order valence-electron chi connectivity index (χ4n) is 5.64. The highest BCUT2D eigenvalue weighted by atomic mass is 35.5. The van der Waals surface area contributed by atoms with Crippen molar-refractivity contribution in [2.45, 2.75) is 75.9 Å². The topological polar surface area (TPSA) is 0 Å². The van der Waals surface area contributed by atoms with E-state index in [0.717, 1.165) is 22.8 Å². The molecule has 0 nitrogen and oxygen atoms in total. The summed E-state index contributed by atoms with van der Waals surface area (Å²) in [6.45, 7) is 2.37. The van der Waals surface area contributed by atoms with Crippen LogP contribution in [0.3, 0.4) is 0 Å². The quantitative estimate of drug-likeness (QED) is 0.433. The molecule has 28 heavy (non-hydrogen) atoms. The summed E-state index contributed by atoms with van der Waals surface area (Å²) in [6, 6.07) is 22.3. The van der Waals surface area contributed by atoms with E-state index in [4.69, 9.17) is 11.6 Å². The minimum Gasteiger partial charge on any atom is -0.0843 e. The zero-order chi connectivity index (χ0) is 19.3. The van der Waals surface area contributed by atoms with Gasteiger partial charge in [0, 0.05) is 13.8 Å². The highest BCUT2D eigenvalue weighted by molar-refractivity contribution is 6.58. The second kappa shape index (κ2) is 9.63. The van der Waals surface area contributed by atoms with Crippen LogP contribution in [0, 0.1) is 11.8 Å². The summed E-state index contributed by atoms with van der Waals surface area (Å²) < 4.78 is 0. The SMILES string of the molecule is CCC[Si]1CCC(C2CCC(c3ccc(-c4ccc(Cl)cc4)cc3)CC2)CC1. The molecule has 2 aromatic rings. The van der Waals surface area contributed by atoms with E-state index in [0.29, 0.717) is 0 Å². The third-order valence-electron chi connectivity index (χ3n) is 7.34. The van der Waals surface area contributed by atoms with Gasteiger partial charge in [0.05, 0.1) is 0 Å². The Hall–Kier alpha value is -1.05. The van der Waals surface area contributed by atoms with Crippen LogP contribution < -0.4 is 0 Å². The van der Waals surface area contributed by atoms with Gasteiger partial charge in [-0.05, 0) is 72.3 Å². The summed E-state index contributed by atoms with van der Waals surface area (Å²) >= 11 is 6.02. The Morgan fingerprint density at radius 2 is 1.29 bits per heavy atom. The molecule has 0 bridgehead atoms. The lowest BCUT2D eigenvalue weighted by molar-refractivity contribution is 0.216. The van der Waals surface area contributed by atoms with Crippen LogP contribution in [0.5, 0.6) is 0 Å². The third-order valence-corrected chi connectivity index (χ3v) is 10.8. The smallest absolute Gasteiger partial charge is 0.0479 e. The highest BCUT2D eigenvalue weighted by Crippen LogP contribution is 2.43. The predicted molar refractivity (Wildman–Crippen MR) is 125 cm³/mol. The minimum atomic E-state index is 0.0411. The molecule has 2 fully saturated rings. The first-order chi connectivity index (χ1) is 13.7. The molecule has 2 heteroatoms. The molecule has 1 aliphatic carbocycles. The van der Waals surface area contributed by atoms with E-state index in [9.17, 15) is 0 Å². The molecule has 1 saturated carbocycles. The van der Waals surface area contributed by atoms with Gasteiger partial charge in [-0.1, -0.05) is 92.3 Å². The molecule has 0 spiro atoms. The first kappa shape index (κ1) is 20.2. The maximum atomic E-state index is 6.02. The number of halogens is 1. The van der Waals surface area contributed by atoms with Gasteiger partial charge in [0.1, 0.15) is 0 Å². The molecule has 1 aliphatic heterocycles. The molecule has 0 aromatic heterocycles. The maximum absolute atomic E-state index is 6.02. The highest BCUT2D eigenvalue weighted by Gasteiger charge is 2.31. The van der Waals surface area contributed by atoms with E-state index < -0.39 is 0 Å². The van der Waals surface area contributed by atoms with Crippen molar-refractivity contribution in [3.8, 4) is 11.1 Å². The van der Waals surface area contributed by atoms with Gasteiger partial charge < -0.3 is 0 Å². The molecule has 1 radical (unpaired) electrons. The van der Waals surface area contributed by atoms with Gasteiger partial charge >= 0.3 is 0 Å². The minimum absolute atomic E-state index is 0.0411. The molecule has 1 heterocycles. The summed E-state index contributed by atoms with van der Waals surface area (Å²) in [5.74, 6) is 2.85. The van der Waals surface area contributed by atoms with Gasteiger partial charge in [0.2, 0.25) is 0 Å². The Bertz CT molecular complexity index is 720. The molecule has 0 unspecified atom stereocenters. The van der Waals surface area contributed by atoms with Gasteiger partial charge in [-0.25, -0.2) is 0 Å². The van der Waals surface area contributed by atoms with Gasteiger partial charge in [0.25, 0.3) is 0 Å². The Labute approximate surface area is 178 Å². The van der Waals surface area contributed by atoms with E-state index in [-0.39, 0.29) is 8.80 Å². The molecular weight excluding hydrogens is 376 g/mol. The second-order valence-electron chi connectivity index (χ2n) is 9.08. The Balaban J connectivity index is 1.30. The van der Waals surface area contributed by atoms with Crippen LogP contribution >= 0.6 is 11.6 Å². The van der Waals surface area contributed by atoms with E-state index >= 15 is 0 Å². The summed E-state index contributed by atoms with van der Waals surface area (Å²) in [4.78, 5) is 0. The number of benzene rings is 2. The zero-order valence-corrected chi connectivity index (χ0v) is 19.1. The summed E-state index contributed by atoms with van der Waals surface area (Å²) in [6.07, 6.45) is 10.2. The Morgan fingerprint density at radius 1 is 0.750 bits per heavy atom. The van der Waals surface area contributed by atoms with Crippen molar-refractivity contribution < 1.29 is 0 Å². The van der Waals surface area contributed by atoms with Crippen LogP contribution in [0.1, 0.15) is 63.4 Å². The molecule has 0 atom stereocenters. The first-order valence-corrected chi connectivity index (χ1v) is 13.9. The van der Waals surface area contributed by atoms with Crippen molar-refractivity contribution in [1.29, 1.82) is 0 Å². The lowest BCUT2D eigenvalue weighted by Gasteiger charge is -2.37. The molecule has 4 rings (SSSR count). The number of rotatable bonds is 5. The van der Waals surface area contributed by atoms with Crippen LogP contribution in [0.4, 0.5) is 0 Å². The van der Waals surface area contributed by atoms with Crippen LogP contribution in [0.25, 0.3) is 11.1 Å². The monoisotopic (exact) mass is 409 g/mol. The standard InChI is InChI=1S/C26H34ClSi/c1-2-17-28-18-15-25(16-19-28)23-9-7-21(8-10-23)20-3-5-22(6-4-20)24-11-13-26(27)14-12-24/h3-6,11-14,21,23,25H,2,7-10,15-19H2,1H3. The normalized spacial score (nSPS) is 24.4. The second-order valence-corrected chi connectivity index (χ2v) is 12.5. The van der Waals surface area contributed by atoms with Gasteiger partial charge in [-0.3, -0.25) is 0 Å². The molecule has 1 saturated heterocycles. The predicted octanol–water partition coefficient (Wildman–Crippen LogP) is 8.60. The van der Waals surface area contributed by atoms with E-state index in [2.05, 4.69) is 43.3 Å². The van der Waals surface area contributed by atoms with E-state index in [1.807, 2.05) is 12.1 Å². The molecule has 0 amide bonds. The molecule has 149 valence electrons. The lowest BCUT2D eigenvalue weighted by atomic mass is 9.72. The average Bonchev–Trinajstić information content (AvgIpc) is 2.75. The third kappa shape index (κ3) is 4.92. The Kier molecular flexibility index (Phi) is 6.96. The first-order valence-electron chi connectivity index (χ1n) is 11.4. The average molecular weight is 410 g/mol. The van der Waals surface area contributed by atoms with Crippen molar-refractivity contribution in [1.82, 2.24) is 0 Å². The van der Waals surface area contributed by atoms with Crippen molar-refractivity contribution in [3.63, 3.8) is 0 Å². The largest absolute Gasteiger partial charge is 0.0843 e. The molecule has 2 aliphatic rings. The van der Waals surface area contributed by atoms with Crippen LogP contribution in [0.2, 0.25) is 23.2 Å². The summed E-state index contributed by atoms with van der Waals surface area (Å²) in [5.41, 5.74) is 4.09. The van der Waals surface area contributed by atoms with Gasteiger partial charge in [0.15, 0.2) is 0 Å². The van der Waals surface area contributed by atoms with Gasteiger partial charge in [-0.2, -0.15) is 0 Å². The van der Waals surface area contributed by atoms with E-state index in [1.165, 1.54) is 43.2 Å². The lowest BCUT2D eigenvalue weighted by Crippen LogP contribution is -2.28. The summed E-state index contributed by atoms with van der Waals surface area (Å²) in [7, 11) is 0.0411. The fraction of sp³-hybridized carbons (Fsp3) is 0.538. The number of hydrogen-bond donors (Lipinski definition) is 0. The van der Waals surface area contributed by atoms with Crippen molar-refractivity contribution in [2.24, 2.45) is 11.8 Å². The van der Waals surface area contributed by atoms with Crippen molar-refractivity contribution >= 4 is 20.4 Å². The zero-order valence-electron chi connectivity index (χ0n) is 17.3. The van der Waals surface area contributed by atoms with Crippen LogP contribution in [-0.2, 0) is 0 Å². The number of hydrogen-bond acceptors (Lipinski definition) is 0. The Morgan fingerprint density at radius 3 is 1.86 bits per heavy atom. The van der Waals surface area contributed by atoms with Crippen LogP contribution in [-0.4, -0.2) is 8.80 Å². The van der Waals surface area contributed by atoms with Crippen molar-refractivity contribution in [3.05, 3.63) is 59.1 Å². The van der Waals surface area contributed by atoms with Crippen molar-refractivity contribution in [2.75, 3.05) is 0 Å². The maximum Gasteiger partial charge on any atom is 0.0479 e. The summed E-state index contributed by atoms with van der Waals surface area (Å²) in [5, 5.41) is 0.803. The van der Waals surface area contributed by atoms with Crippen LogP contribution in [0.15, 0.2) is 48.5 Å². The molecular formula is C26H34ClSi. The fourth-order valence-corrected chi connectivity index (χ4v) is 8.78. The molecule has 0 N–H and O–H groups in total. The molecule has 2 aromatic carbocycles.